The van der Waals surface area contributed by atoms with E-state index in [1.165, 1.54) is 5.56 Å². The van der Waals surface area contributed by atoms with Gasteiger partial charge in [0, 0.05) is 25.5 Å². The maximum absolute atomic E-state index is 8.59. The summed E-state index contributed by atoms with van der Waals surface area (Å²) in [5.41, 5.74) is 1.21. The summed E-state index contributed by atoms with van der Waals surface area (Å²) in [7, 11) is 0. The number of hydrogen-bond donors (Lipinski definition) is 1. The SMILES string of the molecule is CCn1ccc(CCO)c1. The van der Waals surface area contributed by atoms with Crippen LogP contribution in [-0.4, -0.2) is 16.3 Å². The third-order valence-corrected chi connectivity index (χ3v) is 1.58. The second-order valence-electron chi connectivity index (χ2n) is 2.32. The predicted octanol–water partition coefficient (Wildman–Crippen LogP) is 1.04. The summed E-state index contributed by atoms with van der Waals surface area (Å²) < 4.78 is 2.10. The van der Waals surface area contributed by atoms with Crippen molar-refractivity contribution in [1.82, 2.24) is 4.57 Å². The van der Waals surface area contributed by atoms with Crippen molar-refractivity contribution in [3.63, 3.8) is 0 Å². The second-order valence-corrected chi connectivity index (χ2v) is 2.32. The van der Waals surface area contributed by atoms with E-state index in [0.29, 0.717) is 0 Å². The molecule has 0 aliphatic rings. The fourth-order valence-corrected chi connectivity index (χ4v) is 0.964. The third kappa shape index (κ3) is 1.61. The topological polar surface area (TPSA) is 25.2 Å². The van der Waals surface area contributed by atoms with Crippen LogP contribution in [0.2, 0.25) is 0 Å². The molecule has 1 N–H and O–H groups in total. The van der Waals surface area contributed by atoms with Crippen LogP contribution in [0, 0.1) is 0 Å². The Bertz CT molecular complexity index is 193. The van der Waals surface area contributed by atoms with Crippen molar-refractivity contribution in [3.05, 3.63) is 24.0 Å². The zero-order valence-electron chi connectivity index (χ0n) is 6.25. The van der Waals surface area contributed by atoms with Crippen molar-refractivity contribution < 1.29 is 5.11 Å². The van der Waals surface area contributed by atoms with Gasteiger partial charge in [-0.15, -0.1) is 0 Å². The Morgan fingerprint density at radius 2 is 2.40 bits per heavy atom. The van der Waals surface area contributed by atoms with Gasteiger partial charge in [0.25, 0.3) is 0 Å². The molecule has 0 aliphatic heterocycles. The summed E-state index contributed by atoms with van der Waals surface area (Å²) in [5, 5.41) is 8.59. The molecule has 1 aromatic heterocycles. The molecule has 0 spiro atoms. The molecule has 0 radical (unpaired) electrons. The summed E-state index contributed by atoms with van der Waals surface area (Å²) in [4.78, 5) is 0. The summed E-state index contributed by atoms with van der Waals surface area (Å²) in [5.74, 6) is 0. The lowest BCUT2D eigenvalue weighted by Gasteiger charge is -1.93. The zero-order chi connectivity index (χ0) is 7.40. The van der Waals surface area contributed by atoms with Gasteiger partial charge in [-0.25, -0.2) is 0 Å². The zero-order valence-corrected chi connectivity index (χ0v) is 6.25. The van der Waals surface area contributed by atoms with E-state index in [2.05, 4.69) is 17.7 Å². The molecule has 0 amide bonds. The first kappa shape index (κ1) is 7.35. The highest BCUT2D eigenvalue weighted by Gasteiger charge is 1.92. The van der Waals surface area contributed by atoms with Gasteiger partial charge in [-0.05, 0) is 25.0 Å². The molecule has 0 saturated carbocycles. The number of rotatable bonds is 3. The monoisotopic (exact) mass is 139 g/mol. The lowest BCUT2D eigenvalue weighted by molar-refractivity contribution is 0.299. The molecule has 0 unspecified atom stereocenters. The Kier molecular flexibility index (Phi) is 2.51. The molecule has 10 heavy (non-hydrogen) atoms. The quantitative estimate of drug-likeness (QED) is 0.665. The molecule has 1 aromatic rings. The Labute approximate surface area is 61.1 Å². The molecule has 2 heteroatoms. The molecule has 0 fully saturated rings. The van der Waals surface area contributed by atoms with Crippen LogP contribution in [0.25, 0.3) is 0 Å². The number of hydrogen-bond acceptors (Lipinski definition) is 1. The van der Waals surface area contributed by atoms with Crippen LogP contribution in [0.5, 0.6) is 0 Å². The minimum atomic E-state index is 0.244. The number of aliphatic hydroxyl groups excluding tert-OH is 1. The summed E-state index contributed by atoms with van der Waals surface area (Å²) in [6, 6.07) is 2.04. The fraction of sp³-hybridized carbons (Fsp3) is 0.500. The van der Waals surface area contributed by atoms with Crippen LogP contribution < -0.4 is 0 Å². The van der Waals surface area contributed by atoms with Crippen molar-refractivity contribution in [2.45, 2.75) is 19.9 Å². The van der Waals surface area contributed by atoms with E-state index in [-0.39, 0.29) is 6.61 Å². The minimum Gasteiger partial charge on any atom is -0.396 e. The van der Waals surface area contributed by atoms with Crippen LogP contribution in [-0.2, 0) is 13.0 Å². The van der Waals surface area contributed by atoms with Crippen LogP contribution in [0.4, 0.5) is 0 Å². The highest BCUT2D eigenvalue weighted by atomic mass is 16.2. The Balaban J connectivity index is 2.59. The lowest BCUT2D eigenvalue weighted by Crippen LogP contribution is -1.90. The molecular weight excluding hydrogens is 126 g/mol. The van der Waals surface area contributed by atoms with Crippen LogP contribution in [0.1, 0.15) is 12.5 Å². The molecule has 0 atom stereocenters. The van der Waals surface area contributed by atoms with E-state index >= 15 is 0 Å². The molecule has 56 valence electrons. The molecule has 0 bridgehead atoms. The maximum atomic E-state index is 8.59. The predicted molar refractivity (Wildman–Crippen MR) is 40.9 cm³/mol. The molecular formula is C8H13NO. The first-order valence-electron chi connectivity index (χ1n) is 3.62. The number of aryl methyl sites for hydroxylation is 1. The van der Waals surface area contributed by atoms with Crippen molar-refractivity contribution in [3.8, 4) is 0 Å². The average Bonchev–Trinajstić information content (AvgIpc) is 2.37. The standard InChI is InChI=1S/C8H13NO/c1-2-9-5-3-8(7-9)4-6-10/h3,5,7,10H,2,4,6H2,1H3. The highest BCUT2D eigenvalue weighted by molar-refractivity contribution is 5.10. The van der Waals surface area contributed by atoms with Crippen molar-refractivity contribution in [2.75, 3.05) is 6.61 Å². The maximum Gasteiger partial charge on any atom is 0.0472 e. The molecule has 0 aliphatic carbocycles. The first-order valence-corrected chi connectivity index (χ1v) is 3.62. The first-order chi connectivity index (χ1) is 4.86. The summed E-state index contributed by atoms with van der Waals surface area (Å²) in [6.07, 6.45) is 4.87. The minimum absolute atomic E-state index is 0.244. The molecule has 2 nitrogen and oxygen atoms in total. The second kappa shape index (κ2) is 3.42. The van der Waals surface area contributed by atoms with Crippen LogP contribution >= 0.6 is 0 Å². The molecule has 0 aromatic carbocycles. The molecule has 1 heterocycles. The highest BCUT2D eigenvalue weighted by Crippen LogP contribution is 2.00. The number of aromatic nitrogens is 1. The normalized spacial score (nSPS) is 10.2. The molecule has 1 rings (SSSR count). The Morgan fingerprint density at radius 3 is 2.90 bits per heavy atom. The molecule has 0 saturated heterocycles. The van der Waals surface area contributed by atoms with Gasteiger partial charge in [-0.3, -0.25) is 0 Å². The van der Waals surface area contributed by atoms with Gasteiger partial charge < -0.3 is 9.67 Å². The fourth-order valence-electron chi connectivity index (χ4n) is 0.964. The Morgan fingerprint density at radius 1 is 1.60 bits per heavy atom. The van der Waals surface area contributed by atoms with E-state index in [0.717, 1.165) is 13.0 Å². The van der Waals surface area contributed by atoms with Crippen molar-refractivity contribution >= 4 is 0 Å². The van der Waals surface area contributed by atoms with Crippen LogP contribution in [0.3, 0.4) is 0 Å². The van der Waals surface area contributed by atoms with E-state index < -0.39 is 0 Å². The van der Waals surface area contributed by atoms with Gasteiger partial charge in [0.15, 0.2) is 0 Å². The van der Waals surface area contributed by atoms with Crippen molar-refractivity contribution in [2.24, 2.45) is 0 Å². The van der Waals surface area contributed by atoms with E-state index in [4.69, 9.17) is 5.11 Å². The summed E-state index contributed by atoms with van der Waals surface area (Å²) >= 11 is 0. The van der Waals surface area contributed by atoms with Gasteiger partial charge in [0.1, 0.15) is 0 Å². The largest absolute Gasteiger partial charge is 0.396 e. The van der Waals surface area contributed by atoms with Gasteiger partial charge in [0.05, 0.1) is 0 Å². The number of nitrogens with zero attached hydrogens (tertiary/aromatic N) is 1. The van der Waals surface area contributed by atoms with E-state index in [9.17, 15) is 0 Å². The van der Waals surface area contributed by atoms with Crippen molar-refractivity contribution in [1.29, 1.82) is 0 Å². The van der Waals surface area contributed by atoms with Gasteiger partial charge >= 0.3 is 0 Å². The summed E-state index contributed by atoms with van der Waals surface area (Å²) in [6.45, 7) is 3.35. The lowest BCUT2D eigenvalue weighted by atomic mass is 10.3. The Hall–Kier alpha value is -0.760. The average molecular weight is 139 g/mol. The smallest absolute Gasteiger partial charge is 0.0472 e. The van der Waals surface area contributed by atoms with Crippen LogP contribution in [0.15, 0.2) is 18.5 Å². The van der Waals surface area contributed by atoms with E-state index in [1.54, 1.807) is 0 Å². The number of aliphatic hydroxyl groups is 1. The van der Waals surface area contributed by atoms with Gasteiger partial charge in [-0.2, -0.15) is 0 Å². The third-order valence-electron chi connectivity index (χ3n) is 1.58. The van der Waals surface area contributed by atoms with Gasteiger partial charge in [0.2, 0.25) is 0 Å². The van der Waals surface area contributed by atoms with E-state index in [1.807, 2.05) is 12.3 Å². The van der Waals surface area contributed by atoms with Gasteiger partial charge in [-0.1, -0.05) is 0 Å².